The number of sulfone groups is 1. The normalized spacial score (nSPS) is 14.0. The lowest BCUT2D eigenvalue weighted by atomic mass is 10.0. The minimum Gasteiger partial charge on any atom is -0.347 e. The van der Waals surface area contributed by atoms with Crippen molar-refractivity contribution in [3.05, 3.63) is 59.7 Å². The molecule has 0 aliphatic carbocycles. The average Bonchev–Trinajstić information content (AvgIpc) is 2.67. The van der Waals surface area contributed by atoms with Crippen molar-refractivity contribution in [2.75, 3.05) is 16.8 Å². The zero-order chi connectivity index (χ0) is 23.6. The second kappa shape index (κ2) is 9.31. The van der Waals surface area contributed by atoms with Crippen LogP contribution >= 0.6 is 0 Å². The number of rotatable bonds is 8. The summed E-state index contributed by atoms with van der Waals surface area (Å²) >= 11 is 0. The molecule has 31 heavy (non-hydrogen) atoms. The van der Waals surface area contributed by atoms with Crippen LogP contribution in [0.15, 0.2) is 47.4 Å². The molecule has 11 heteroatoms. The molecule has 0 heterocycles. The van der Waals surface area contributed by atoms with Gasteiger partial charge in [0.2, 0.25) is 15.9 Å². The molecule has 0 saturated carbocycles. The van der Waals surface area contributed by atoms with Gasteiger partial charge in [-0.1, -0.05) is 19.1 Å². The Morgan fingerprint density at radius 3 is 2.03 bits per heavy atom. The Hall–Kier alpha value is -2.53. The minimum absolute atomic E-state index is 0.132. The number of hydrogen-bond donors (Lipinski definition) is 1. The number of hydrogen-bond acceptors (Lipinski definition) is 5. The average molecular weight is 475 g/mol. The Morgan fingerprint density at radius 2 is 1.58 bits per heavy atom. The molecule has 0 spiro atoms. The lowest BCUT2D eigenvalue weighted by molar-refractivity contribution is -0.122. The van der Waals surface area contributed by atoms with E-state index < -0.39 is 49.5 Å². The molecule has 2 rings (SSSR count). The maximum atomic E-state index is 13.7. The van der Waals surface area contributed by atoms with E-state index in [1.165, 1.54) is 19.1 Å². The van der Waals surface area contributed by atoms with Gasteiger partial charge in [0.25, 0.3) is 0 Å². The molecule has 0 unspecified atom stereocenters. The monoisotopic (exact) mass is 474 g/mol. The molecule has 0 saturated heterocycles. The zero-order valence-corrected chi connectivity index (χ0v) is 19.1. The summed E-state index contributed by atoms with van der Waals surface area (Å²) in [5, 5.41) is 2.73. The van der Waals surface area contributed by atoms with Crippen molar-refractivity contribution < 1.29 is 30.4 Å². The van der Waals surface area contributed by atoms with Crippen LogP contribution in [0.4, 0.5) is 14.5 Å². The first-order valence-electron chi connectivity index (χ1n) is 9.30. The van der Waals surface area contributed by atoms with Gasteiger partial charge in [0.15, 0.2) is 21.5 Å². The van der Waals surface area contributed by atoms with Gasteiger partial charge >= 0.3 is 0 Å². The fraction of sp³-hybridized carbons (Fsp3) is 0.350. The van der Waals surface area contributed by atoms with Gasteiger partial charge in [0.05, 0.1) is 22.9 Å². The van der Waals surface area contributed by atoms with Gasteiger partial charge in [-0.15, -0.1) is 0 Å². The van der Waals surface area contributed by atoms with Gasteiger partial charge in [-0.25, -0.2) is 25.6 Å². The van der Waals surface area contributed by atoms with Gasteiger partial charge in [0.1, 0.15) is 6.04 Å². The third-order valence-electron chi connectivity index (χ3n) is 4.68. The summed E-state index contributed by atoms with van der Waals surface area (Å²) in [6.07, 6.45) is 2.39. The molecule has 1 N–H and O–H groups in total. The van der Waals surface area contributed by atoms with E-state index >= 15 is 0 Å². The highest BCUT2D eigenvalue weighted by Crippen LogP contribution is 2.24. The van der Waals surface area contributed by atoms with E-state index in [-0.39, 0.29) is 10.6 Å². The molecule has 0 aromatic heterocycles. The van der Waals surface area contributed by atoms with Crippen molar-refractivity contribution >= 4 is 31.5 Å². The van der Waals surface area contributed by atoms with E-state index in [0.29, 0.717) is 22.4 Å². The molecule has 0 aliphatic rings. The van der Waals surface area contributed by atoms with E-state index in [1.54, 1.807) is 19.1 Å². The lowest BCUT2D eigenvalue weighted by Gasteiger charge is -2.30. The molecule has 0 radical (unpaired) electrons. The lowest BCUT2D eigenvalue weighted by Crippen LogP contribution is -2.48. The molecule has 0 aliphatic heterocycles. The predicted octanol–water partition coefficient (Wildman–Crippen LogP) is 2.79. The Labute approximate surface area is 181 Å². The van der Waals surface area contributed by atoms with Crippen molar-refractivity contribution in [2.24, 2.45) is 0 Å². The second-order valence-corrected chi connectivity index (χ2v) is 11.0. The predicted molar refractivity (Wildman–Crippen MR) is 114 cm³/mol. The SMILES string of the molecule is CC[C@@H](NC(=O)[C@@H](C)N(c1ccc(F)c(F)c1)S(C)(=O)=O)c1ccc(S(C)(=O)=O)cc1. The van der Waals surface area contributed by atoms with Crippen LogP contribution in [0.2, 0.25) is 0 Å². The first kappa shape index (κ1) is 24.7. The number of nitrogens with one attached hydrogen (secondary N) is 1. The topological polar surface area (TPSA) is 101 Å². The van der Waals surface area contributed by atoms with Gasteiger partial charge < -0.3 is 5.32 Å². The summed E-state index contributed by atoms with van der Waals surface area (Å²) in [4.78, 5) is 13.0. The first-order valence-corrected chi connectivity index (χ1v) is 13.0. The Bertz CT molecular complexity index is 1170. The Balaban J connectivity index is 2.30. The molecular formula is C20H24F2N2O5S2. The van der Waals surface area contributed by atoms with Crippen molar-refractivity contribution in [2.45, 2.75) is 37.2 Å². The van der Waals surface area contributed by atoms with Crippen LogP contribution in [0.1, 0.15) is 31.9 Å². The third kappa shape index (κ3) is 6.01. The molecule has 7 nitrogen and oxygen atoms in total. The fourth-order valence-electron chi connectivity index (χ4n) is 3.09. The quantitative estimate of drug-likeness (QED) is 0.634. The molecule has 0 bridgehead atoms. The van der Waals surface area contributed by atoms with Crippen LogP contribution in [0.25, 0.3) is 0 Å². The number of amides is 1. The zero-order valence-electron chi connectivity index (χ0n) is 17.5. The van der Waals surface area contributed by atoms with Crippen molar-refractivity contribution in [3.8, 4) is 0 Å². The maximum Gasteiger partial charge on any atom is 0.244 e. The highest BCUT2D eigenvalue weighted by atomic mass is 32.2. The fourth-order valence-corrected chi connectivity index (χ4v) is 4.89. The Morgan fingerprint density at radius 1 is 1.00 bits per heavy atom. The highest BCUT2D eigenvalue weighted by molar-refractivity contribution is 7.92. The minimum atomic E-state index is -4.00. The van der Waals surface area contributed by atoms with Crippen LogP contribution in [0.3, 0.4) is 0 Å². The smallest absolute Gasteiger partial charge is 0.244 e. The largest absolute Gasteiger partial charge is 0.347 e. The van der Waals surface area contributed by atoms with Crippen LogP contribution in [-0.4, -0.2) is 41.3 Å². The van der Waals surface area contributed by atoms with Crippen LogP contribution in [0.5, 0.6) is 0 Å². The van der Waals surface area contributed by atoms with Gasteiger partial charge in [-0.2, -0.15) is 0 Å². The molecular weight excluding hydrogens is 450 g/mol. The number of nitrogens with zero attached hydrogens (tertiary/aromatic N) is 1. The summed E-state index contributed by atoms with van der Waals surface area (Å²) in [5.74, 6) is -3.04. The van der Waals surface area contributed by atoms with Gasteiger partial charge in [-0.05, 0) is 43.2 Å². The van der Waals surface area contributed by atoms with Gasteiger partial charge in [0, 0.05) is 12.3 Å². The van der Waals surface area contributed by atoms with Crippen LogP contribution in [-0.2, 0) is 24.7 Å². The Kier molecular flexibility index (Phi) is 7.43. The molecule has 2 aromatic rings. The second-order valence-electron chi connectivity index (χ2n) is 7.14. The summed E-state index contributed by atoms with van der Waals surface area (Å²) in [7, 11) is -7.38. The summed E-state index contributed by atoms with van der Waals surface area (Å²) in [6.45, 7) is 3.13. The number of carbonyl (C=O) groups is 1. The highest BCUT2D eigenvalue weighted by Gasteiger charge is 2.31. The standard InChI is InChI=1S/C20H24F2N2O5S2/c1-5-19(14-6-9-16(10-7-14)30(3,26)27)23-20(25)13(2)24(31(4,28)29)15-8-11-17(21)18(22)12-15/h6-13,19H,5H2,1-4H3,(H,23,25)/t13-,19-/m1/s1. The number of halogens is 2. The first-order chi connectivity index (χ1) is 14.3. The molecule has 1 amide bonds. The van der Waals surface area contributed by atoms with E-state index in [0.717, 1.165) is 24.6 Å². The van der Waals surface area contributed by atoms with Crippen molar-refractivity contribution in [1.29, 1.82) is 0 Å². The summed E-state index contributed by atoms with van der Waals surface area (Å²) in [6, 6.07) is 6.77. The summed E-state index contributed by atoms with van der Waals surface area (Å²) in [5.41, 5.74) is 0.448. The third-order valence-corrected chi connectivity index (χ3v) is 7.05. The van der Waals surface area contributed by atoms with Crippen LogP contribution in [0, 0.1) is 11.6 Å². The van der Waals surface area contributed by atoms with Crippen molar-refractivity contribution in [1.82, 2.24) is 5.32 Å². The molecule has 0 fully saturated rings. The summed E-state index contributed by atoms with van der Waals surface area (Å²) < 4.78 is 75.5. The molecule has 2 atom stereocenters. The van der Waals surface area contributed by atoms with E-state index in [2.05, 4.69) is 5.32 Å². The molecule has 170 valence electrons. The van der Waals surface area contributed by atoms with E-state index in [4.69, 9.17) is 0 Å². The van der Waals surface area contributed by atoms with Gasteiger partial charge in [-0.3, -0.25) is 9.10 Å². The van der Waals surface area contributed by atoms with Crippen LogP contribution < -0.4 is 9.62 Å². The van der Waals surface area contributed by atoms with E-state index in [1.807, 2.05) is 0 Å². The number of sulfonamides is 1. The number of carbonyl (C=O) groups excluding carboxylic acids is 1. The maximum absolute atomic E-state index is 13.7. The van der Waals surface area contributed by atoms with E-state index in [9.17, 15) is 30.4 Å². The molecule has 2 aromatic carbocycles. The van der Waals surface area contributed by atoms with Crippen molar-refractivity contribution in [3.63, 3.8) is 0 Å². The number of anilines is 1. The number of benzene rings is 2.